The first-order chi connectivity index (χ1) is 7.40. The summed E-state index contributed by atoms with van der Waals surface area (Å²) in [6.07, 6.45) is -0.208. The summed E-state index contributed by atoms with van der Waals surface area (Å²) in [6.45, 7) is -1.35. The maximum Gasteiger partial charge on any atom is 0.387 e. The van der Waals surface area contributed by atoms with Crippen molar-refractivity contribution in [1.82, 2.24) is 0 Å². The lowest BCUT2D eigenvalue weighted by Crippen LogP contribution is -2.05. The number of carboxylic acid groups (broad SMARTS) is 1. The van der Waals surface area contributed by atoms with Gasteiger partial charge in [-0.3, -0.25) is 4.79 Å². The molecule has 0 fully saturated rings. The second-order valence-corrected chi connectivity index (χ2v) is 3.57. The van der Waals surface area contributed by atoms with Crippen LogP contribution >= 0.6 is 11.6 Å². The smallest absolute Gasteiger partial charge is 0.387 e. The lowest BCUT2D eigenvalue weighted by Gasteiger charge is -2.10. The summed E-state index contributed by atoms with van der Waals surface area (Å²) in [4.78, 5) is 10.5. The molecule has 1 rings (SSSR count). The molecule has 3 nitrogen and oxygen atoms in total. The Morgan fingerprint density at radius 2 is 2.19 bits per heavy atom. The van der Waals surface area contributed by atoms with Gasteiger partial charge in [0.05, 0.1) is 11.4 Å². The predicted molar refractivity (Wildman–Crippen MR) is 54.2 cm³/mol. The SMILES string of the molecule is Cc1cc(OC(F)F)c(Cl)cc1CC(=O)O. The van der Waals surface area contributed by atoms with Crippen LogP contribution in [-0.4, -0.2) is 17.7 Å². The number of carboxylic acids is 1. The lowest BCUT2D eigenvalue weighted by atomic mass is 10.1. The standard InChI is InChI=1S/C10H9ClF2O3/c1-5-2-8(16-10(12)13)7(11)3-6(5)4-9(14)15/h2-3,10H,4H2,1H3,(H,14,15). The van der Waals surface area contributed by atoms with Crippen LogP contribution in [0.3, 0.4) is 0 Å². The van der Waals surface area contributed by atoms with Gasteiger partial charge >= 0.3 is 12.6 Å². The molecule has 6 heteroatoms. The minimum atomic E-state index is -2.96. The molecule has 0 aliphatic rings. The molecular formula is C10H9ClF2O3. The number of aliphatic carboxylic acids is 1. The van der Waals surface area contributed by atoms with Gasteiger partial charge in [0.15, 0.2) is 0 Å². The van der Waals surface area contributed by atoms with Crippen LogP contribution in [0.4, 0.5) is 8.78 Å². The molecule has 0 saturated heterocycles. The Morgan fingerprint density at radius 1 is 1.56 bits per heavy atom. The van der Waals surface area contributed by atoms with Crippen LogP contribution in [0.5, 0.6) is 5.75 Å². The van der Waals surface area contributed by atoms with Crippen molar-refractivity contribution in [3.63, 3.8) is 0 Å². The van der Waals surface area contributed by atoms with E-state index in [1.165, 1.54) is 12.1 Å². The summed E-state index contributed by atoms with van der Waals surface area (Å²) in [5, 5.41) is 8.58. The van der Waals surface area contributed by atoms with Gasteiger partial charge in [-0.1, -0.05) is 11.6 Å². The van der Waals surface area contributed by atoms with Gasteiger partial charge in [0.1, 0.15) is 5.75 Å². The zero-order chi connectivity index (χ0) is 12.3. The minimum absolute atomic E-state index is 0.0258. The Hall–Kier alpha value is -1.36. The maximum absolute atomic E-state index is 12.0. The third-order valence-corrected chi connectivity index (χ3v) is 2.24. The monoisotopic (exact) mass is 250 g/mol. The normalized spacial score (nSPS) is 10.6. The lowest BCUT2D eigenvalue weighted by molar-refractivity contribution is -0.136. The fourth-order valence-corrected chi connectivity index (χ4v) is 1.47. The number of halogens is 3. The predicted octanol–water partition coefficient (Wildman–Crippen LogP) is 2.88. The molecule has 1 aromatic carbocycles. The molecule has 0 spiro atoms. The third-order valence-electron chi connectivity index (χ3n) is 1.95. The Kier molecular flexibility index (Phi) is 4.06. The summed E-state index contributed by atoms with van der Waals surface area (Å²) in [5.74, 6) is -1.16. The van der Waals surface area contributed by atoms with Crippen LogP contribution in [0.25, 0.3) is 0 Å². The zero-order valence-electron chi connectivity index (χ0n) is 8.34. The van der Waals surface area contributed by atoms with E-state index in [-0.39, 0.29) is 17.2 Å². The molecule has 0 amide bonds. The van der Waals surface area contributed by atoms with Crippen LogP contribution in [0.2, 0.25) is 5.02 Å². The molecule has 1 N–H and O–H groups in total. The number of benzene rings is 1. The highest BCUT2D eigenvalue weighted by atomic mass is 35.5. The molecule has 0 atom stereocenters. The zero-order valence-corrected chi connectivity index (χ0v) is 9.09. The molecule has 1 aromatic rings. The minimum Gasteiger partial charge on any atom is -0.481 e. The van der Waals surface area contributed by atoms with Crippen LogP contribution in [0.15, 0.2) is 12.1 Å². The first-order valence-corrected chi connectivity index (χ1v) is 4.73. The highest BCUT2D eigenvalue weighted by Gasteiger charge is 2.12. The Morgan fingerprint density at radius 3 is 2.69 bits per heavy atom. The van der Waals surface area contributed by atoms with E-state index in [2.05, 4.69) is 4.74 Å². The quantitative estimate of drug-likeness (QED) is 0.894. The van der Waals surface area contributed by atoms with Crippen molar-refractivity contribution in [1.29, 1.82) is 0 Å². The van der Waals surface area contributed by atoms with Crippen molar-refractivity contribution in [3.05, 3.63) is 28.3 Å². The second-order valence-electron chi connectivity index (χ2n) is 3.16. The summed E-state index contributed by atoms with van der Waals surface area (Å²) < 4.78 is 28.1. The molecule has 0 aromatic heterocycles. The highest BCUT2D eigenvalue weighted by Crippen LogP contribution is 2.29. The van der Waals surface area contributed by atoms with Crippen molar-refractivity contribution in [2.24, 2.45) is 0 Å². The molecule has 0 bridgehead atoms. The van der Waals surface area contributed by atoms with E-state index in [1.807, 2.05) is 0 Å². The fourth-order valence-electron chi connectivity index (χ4n) is 1.24. The van der Waals surface area contributed by atoms with Crippen molar-refractivity contribution in [2.45, 2.75) is 20.0 Å². The fraction of sp³-hybridized carbons (Fsp3) is 0.300. The summed E-state index contributed by atoms with van der Waals surface area (Å²) in [6, 6.07) is 2.62. The van der Waals surface area contributed by atoms with Crippen LogP contribution in [0.1, 0.15) is 11.1 Å². The van der Waals surface area contributed by atoms with Crippen molar-refractivity contribution in [3.8, 4) is 5.75 Å². The number of carbonyl (C=O) groups is 1. The van der Waals surface area contributed by atoms with Gasteiger partial charge in [0.2, 0.25) is 0 Å². The molecule has 0 saturated carbocycles. The van der Waals surface area contributed by atoms with Gasteiger partial charge in [-0.15, -0.1) is 0 Å². The Bertz CT molecular complexity index is 407. The molecular weight excluding hydrogens is 242 g/mol. The number of hydrogen-bond donors (Lipinski definition) is 1. The summed E-state index contributed by atoms with van der Waals surface area (Å²) >= 11 is 5.68. The number of rotatable bonds is 4. The van der Waals surface area contributed by atoms with Gasteiger partial charge in [-0.05, 0) is 30.2 Å². The van der Waals surface area contributed by atoms with Gasteiger partial charge in [0, 0.05) is 0 Å². The van der Waals surface area contributed by atoms with E-state index >= 15 is 0 Å². The average molecular weight is 251 g/mol. The van der Waals surface area contributed by atoms with Crippen LogP contribution in [-0.2, 0) is 11.2 Å². The number of ether oxygens (including phenoxy) is 1. The van der Waals surface area contributed by atoms with E-state index in [0.717, 1.165) is 0 Å². The molecule has 0 heterocycles. The molecule has 88 valence electrons. The first-order valence-electron chi connectivity index (χ1n) is 4.35. The first kappa shape index (κ1) is 12.7. The van der Waals surface area contributed by atoms with Gasteiger partial charge in [-0.25, -0.2) is 0 Å². The largest absolute Gasteiger partial charge is 0.481 e. The van der Waals surface area contributed by atoms with Gasteiger partial charge in [0.25, 0.3) is 0 Å². The number of hydrogen-bond acceptors (Lipinski definition) is 2. The highest BCUT2D eigenvalue weighted by molar-refractivity contribution is 6.32. The molecule has 0 radical (unpaired) electrons. The van der Waals surface area contributed by atoms with E-state index in [9.17, 15) is 13.6 Å². The van der Waals surface area contributed by atoms with E-state index < -0.39 is 12.6 Å². The Balaban J connectivity index is 3.01. The summed E-state index contributed by atoms with van der Waals surface area (Å²) in [5.41, 5.74) is 1.02. The molecule has 0 aliphatic carbocycles. The van der Waals surface area contributed by atoms with Gasteiger partial charge in [-0.2, -0.15) is 8.78 Å². The van der Waals surface area contributed by atoms with E-state index in [1.54, 1.807) is 6.92 Å². The van der Waals surface area contributed by atoms with Crippen molar-refractivity contribution < 1.29 is 23.4 Å². The third kappa shape index (κ3) is 3.34. The summed E-state index contributed by atoms with van der Waals surface area (Å²) in [7, 11) is 0. The van der Waals surface area contributed by atoms with Crippen LogP contribution < -0.4 is 4.74 Å². The van der Waals surface area contributed by atoms with Crippen molar-refractivity contribution in [2.75, 3.05) is 0 Å². The Labute approximate surface area is 95.6 Å². The number of alkyl halides is 2. The molecule has 16 heavy (non-hydrogen) atoms. The number of aryl methyl sites for hydroxylation is 1. The average Bonchev–Trinajstić information content (AvgIpc) is 2.11. The van der Waals surface area contributed by atoms with Crippen LogP contribution in [0, 0.1) is 6.92 Å². The molecule has 0 unspecified atom stereocenters. The van der Waals surface area contributed by atoms with E-state index in [0.29, 0.717) is 11.1 Å². The van der Waals surface area contributed by atoms with Crippen molar-refractivity contribution >= 4 is 17.6 Å². The topological polar surface area (TPSA) is 46.5 Å². The molecule has 0 aliphatic heterocycles. The van der Waals surface area contributed by atoms with E-state index in [4.69, 9.17) is 16.7 Å². The van der Waals surface area contributed by atoms with Gasteiger partial charge < -0.3 is 9.84 Å². The maximum atomic E-state index is 12.0. The second kappa shape index (κ2) is 5.12.